The molecule has 1 heterocycles. The summed E-state index contributed by atoms with van der Waals surface area (Å²) in [5.41, 5.74) is 2.75. The summed E-state index contributed by atoms with van der Waals surface area (Å²) in [6.45, 7) is 0.446. The van der Waals surface area contributed by atoms with Crippen molar-refractivity contribution in [1.82, 2.24) is 15.3 Å². The van der Waals surface area contributed by atoms with Crippen LogP contribution in [0, 0.1) is 5.92 Å². The van der Waals surface area contributed by atoms with Gasteiger partial charge >= 0.3 is 0 Å². The lowest BCUT2D eigenvalue weighted by atomic mass is 9.94. The first-order valence-corrected chi connectivity index (χ1v) is 7.62. The predicted octanol–water partition coefficient (Wildman–Crippen LogP) is 3.12. The molecular weight excluding hydrogens is 274 g/mol. The van der Waals surface area contributed by atoms with Gasteiger partial charge in [-0.3, -0.25) is 4.79 Å². The fourth-order valence-electron chi connectivity index (χ4n) is 2.61. The summed E-state index contributed by atoms with van der Waals surface area (Å²) in [7, 11) is 0. The van der Waals surface area contributed by atoms with Crippen LogP contribution in [-0.2, 0) is 11.3 Å². The zero-order valence-electron chi connectivity index (χ0n) is 12.4. The van der Waals surface area contributed by atoms with Gasteiger partial charge in [-0.2, -0.15) is 0 Å². The summed E-state index contributed by atoms with van der Waals surface area (Å²) in [6, 6.07) is 11.9. The average Bonchev–Trinajstić information content (AvgIpc) is 2.61. The number of hydrogen-bond acceptors (Lipinski definition) is 3. The number of carbonyl (C=O) groups excluding carboxylic acids is 1. The number of carbonyl (C=O) groups is 1. The molecule has 4 heteroatoms. The van der Waals surface area contributed by atoms with Gasteiger partial charge in [0.2, 0.25) is 5.91 Å². The molecule has 112 valence electrons. The van der Waals surface area contributed by atoms with E-state index in [0.29, 0.717) is 6.54 Å². The van der Waals surface area contributed by atoms with Gasteiger partial charge in [-0.05, 0) is 25.3 Å². The molecule has 1 aliphatic carbocycles. The summed E-state index contributed by atoms with van der Waals surface area (Å²) in [4.78, 5) is 20.7. The standard InChI is InChI=1S/C18H19N3O/c22-18(15-9-5-2-6-10-15)19-12-16-11-17(21-13-20-16)14-7-3-1-4-8-14/h1-5,7-8,11,13,15H,6,9-10,12H2,(H,19,22). The van der Waals surface area contributed by atoms with Crippen LogP contribution < -0.4 is 5.32 Å². The van der Waals surface area contributed by atoms with E-state index in [0.717, 1.165) is 36.2 Å². The van der Waals surface area contributed by atoms with E-state index in [-0.39, 0.29) is 11.8 Å². The maximum absolute atomic E-state index is 12.1. The summed E-state index contributed by atoms with van der Waals surface area (Å²) in [5, 5.41) is 2.98. The molecule has 1 aromatic heterocycles. The zero-order chi connectivity index (χ0) is 15.2. The number of benzene rings is 1. The Balaban J connectivity index is 1.63. The molecule has 4 nitrogen and oxygen atoms in total. The SMILES string of the molecule is O=C(NCc1cc(-c2ccccc2)ncn1)C1CC=CCC1. The van der Waals surface area contributed by atoms with E-state index >= 15 is 0 Å². The smallest absolute Gasteiger partial charge is 0.223 e. The molecule has 0 bridgehead atoms. The number of nitrogens with zero attached hydrogens (tertiary/aromatic N) is 2. The highest BCUT2D eigenvalue weighted by Gasteiger charge is 2.18. The lowest BCUT2D eigenvalue weighted by molar-refractivity contribution is -0.125. The van der Waals surface area contributed by atoms with E-state index in [9.17, 15) is 4.79 Å². The molecule has 0 fully saturated rings. The second-order valence-electron chi connectivity index (χ2n) is 5.46. The van der Waals surface area contributed by atoms with Crippen LogP contribution in [-0.4, -0.2) is 15.9 Å². The number of rotatable bonds is 4. The molecule has 0 aliphatic heterocycles. The Morgan fingerprint density at radius 3 is 2.82 bits per heavy atom. The number of allylic oxidation sites excluding steroid dienone is 2. The fraction of sp³-hybridized carbons (Fsp3) is 0.278. The third-order valence-electron chi connectivity index (χ3n) is 3.88. The molecule has 0 radical (unpaired) electrons. The average molecular weight is 293 g/mol. The van der Waals surface area contributed by atoms with Crippen molar-refractivity contribution in [1.29, 1.82) is 0 Å². The lowest BCUT2D eigenvalue weighted by Crippen LogP contribution is -2.31. The van der Waals surface area contributed by atoms with Crippen LogP contribution in [0.25, 0.3) is 11.3 Å². The van der Waals surface area contributed by atoms with Crippen molar-refractivity contribution in [2.45, 2.75) is 25.8 Å². The van der Waals surface area contributed by atoms with Gasteiger partial charge in [0.25, 0.3) is 0 Å². The predicted molar refractivity (Wildman–Crippen MR) is 85.8 cm³/mol. The Morgan fingerprint density at radius 2 is 2.05 bits per heavy atom. The monoisotopic (exact) mass is 293 g/mol. The molecule has 1 amide bonds. The number of hydrogen-bond donors (Lipinski definition) is 1. The molecule has 2 aromatic rings. The van der Waals surface area contributed by atoms with Gasteiger partial charge < -0.3 is 5.32 Å². The Labute approximate surface area is 130 Å². The van der Waals surface area contributed by atoms with Crippen LogP contribution in [0.15, 0.2) is 54.9 Å². The third kappa shape index (κ3) is 3.58. The molecule has 1 atom stereocenters. The molecular formula is C18H19N3O. The zero-order valence-corrected chi connectivity index (χ0v) is 12.4. The Morgan fingerprint density at radius 1 is 1.18 bits per heavy atom. The van der Waals surface area contributed by atoms with Gasteiger partial charge in [-0.1, -0.05) is 42.5 Å². The van der Waals surface area contributed by atoms with Crippen LogP contribution in [0.4, 0.5) is 0 Å². The maximum Gasteiger partial charge on any atom is 0.223 e. The third-order valence-corrected chi connectivity index (χ3v) is 3.88. The minimum Gasteiger partial charge on any atom is -0.350 e. The van der Waals surface area contributed by atoms with E-state index in [1.54, 1.807) is 6.33 Å². The first-order valence-electron chi connectivity index (χ1n) is 7.62. The molecule has 0 saturated heterocycles. The minimum absolute atomic E-state index is 0.0976. The van der Waals surface area contributed by atoms with Crippen LogP contribution >= 0.6 is 0 Å². The molecule has 1 aromatic carbocycles. The highest BCUT2D eigenvalue weighted by molar-refractivity contribution is 5.78. The van der Waals surface area contributed by atoms with Crippen molar-refractivity contribution in [3.8, 4) is 11.3 Å². The molecule has 22 heavy (non-hydrogen) atoms. The highest BCUT2D eigenvalue weighted by Crippen LogP contribution is 2.19. The normalized spacial score (nSPS) is 17.2. The summed E-state index contributed by atoms with van der Waals surface area (Å²) < 4.78 is 0. The fourth-order valence-corrected chi connectivity index (χ4v) is 2.61. The van der Waals surface area contributed by atoms with Crippen LogP contribution in [0.3, 0.4) is 0 Å². The minimum atomic E-state index is 0.0976. The van der Waals surface area contributed by atoms with Crippen molar-refractivity contribution in [2.75, 3.05) is 0 Å². The van der Waals surface area contributed by atoms with E-state index in [4.69, 9.17) is 0 Å². The van der Waals surface area contributed by atoms with Crippen molar-refractivity contribution < 1.29 is 4.79 Å². The summed E-state index contributed by atoms with van der Waals surface area (Å²) in [5.74, 6) is 0.213. The molecule has 1 N–H and O–H groups in total. The molecule has 1 unspecified atom stereocenters. The quantitative estimate of drug-likeness (QED) is 0.881. The molecule has 0 spiro atoms. The van der Waals surface area contributed by atoms with Gasteiger partial charge in [0.05, 0.1) is 17.9 Å². The first-order chi connectivity index (χ1) is 10.8. The maximum atomic E-state index is 12.1. The van der Waals surface area contributed by atoms with Gasteiger partial charge in [-0.25, -0.2) is 9.97 Å². The van der Waals surface area contributed by atoms with E-state index in [1.165, 1.54) is 0 Å². The van der Waals surface area contributed by atoms with Gasteiger partial charge in [0.15, 0.2) is 0 Å². The van der Waals surface area contributed by atoms with Crippen molar-refractivity contribution >= 4 is 5.91 Å². The first kappa shape index (κ1) is 14.4. The summed E-state index contributed by atoms with van der Waals surface area (Å²) in [6.07, 6.45) is 8.54. The highest BCUT2D eigenvalue weighted by atomic mass is 16.1. The number of amides is 1. The Hall–Kier alpha value is -2.49. The van der Waals surface area contributed by atoms with E-state index < -0.39 is 0 Å². The molecule has 1 aliphatic rings. The Bertz CT molecular complexity index is 667. The molecule has 0 saturated carbocycles. The second-order valence-corrected chi connectivity index (χ2v) is 5.46. The molecule has 3 rings (SSSR count). The van der Waals surface area contributed by atoms with Crippen molar-refractivity contribution in [2.24, 2.45) is 5.92 Å². The topological polar surface area (TPSA) is 54.9 Å². The van der Waals surface area contributed by atoms with Crippen LogP contribution in [0.1, 0.15) is 25.0 Å². The number of nitrogens with one attached hydrogen (secondary N) is 1. The van der Waals surface area contributed by atoms with E-state index in [2.05, 4.69) is 27.4 Å². The van der Waals surface area contributed by atoms with Gasteiger partial charge in [0.1, 0.15) is 6.33 Å². The van der Waals surface area contributed by atoms with Crippen LogP contribution in [0.2, 0.25) is 0 Å². The second kappa shape index (κ2) is 6.98. The Kier molecular flexibility index (Phi) is 4.59. The van der Waals surface area contributed by atoms with Gasteiger partial charge in [0, 0.05) is 11.5 Å². The number of aromatic nitrogens is 2. The van der Waals surface area contributed by atoms with Crippen molar-refractivity contribution in [3.05, 3.63) is 60.6 Å². The van der Waals surface area contributed by atoms with Gasteiger partial charge in [-0.15, -0.1) is 0 Å². The van der Waals surface area contributed by atoms with E-state index in [1.807, 2.05) is 36.4 Å². The summed E-state index contributed by atoms with van der Waals surface area (Å²) >= 11 is 0. The largest absolute Gasteiger partial charge is 0.350 e. The van der Waals surface area contributed by atoms with Crippen LogP contribution in [0.5, 0.6) is 0 Å². The lowest BCUT2D eigenvalue weighted by Gasteiger charge is -2.17. The van der Waals surface area contributed by atoms with Crippen molar-refractivity contribution in [3.63, 3.8) is 0 Å².